The summed E-state index contributed by atoms with van der Waals surface area (Å²) in [5.41, 5.74) is 1.89. The second kappa shape index (κ2) is 9.24. The van der Waals surface area contributed by atoms with Crippen molar-refractivity contribution >= 4 is 0 Å². The van der Waals surface area contributed by atoms with Crippen molar-refractivity contribution < 1.29 is 10.2 Å². The first kappa shape index (κ1) is 27.1. The molecule has 1 aromatic heterocycles. The van der Waals surface area contributed by atoms with Crippen molar-refractivity contribution in [3.8, 4) is 11.8 Å². The number of nitrogens with zero attached hydrogens (tertiary/aromatic N) is 1. The van der Waals surface area contributed by atoms with Gasteiger partial charge in [0.25, 0.3) is 0 Å². The van der Waals surface area contributed by atoms with Gasteiger partial charge in [-0.2, -0.15) is 0 Å². The summed E-state index contributed by atoms with van der Waals surface area (Å²) in [7, 11) is 0. The lowest BCUT2D eigenvalue weighted by atomic mass is 9.69. The van der Waals surface area contributed by atoms with Gasteiger partial charge in [-0.15, -0.1) is 0 Å². The molecule has 0 bridgehead atoms. The summed E-state index contributed by atoms with van der Waals surface area (Å²) < 4.78 is 1.89. The monoisotopic (exact) mass is 448 g/mol. The van der Waals surface area contributed by atoms with E-state index in [2.05, 4.69) is 81.5 Å². The summed E-state index contributed by atoms with van der Waals surface area (Å²) in [6.45, 7) is 24.7. The van der Waals surface area contributed by atoms with Gasteiger partial charge in [0, 0.05) is 28.2 Å². The van der Waals surface area contributed by atoms with Gasteiger partial charge in [0.15, 0.2) is 11.8 Å². The minimum Gasteiger partial charge on any atom is -0.494 e. The van der Waals surface area contributed by atoms with Gasteiger partial charge in [-0.05, 0) is 76.5 Å². The molecule has 0 aliphatic carbocycles. The highest BCUT2D eigenvalue weighted by Crippen LogP contribution is 2.51. The normalized spacial score (nSPS) is 20.5. The maximum Gasteiger partial charge on any atom is 0.198 e. The van der Waals surface area contributed by atoms with E-state index in [9.17, 15) is 10.2 Å². The molecule has 2 rings (SSSR count). The highest BCUT2D eigenvalue weighted by atomic mass is 16.3. The van der Waals surface area contributed by atoms with Crippen LogP contribution in [0.2, 0.25) is 0 Å². The maximum atomic E-state index is 11.7. The largest absolute Gasteiger partial charge is 0.494 e. The van der Waals surface area contributed by atoms with Gasteiger partial charge in [-0.1, -0.05) is 61.3 Å². The fraction of sp³-hybridized carbons (Fsp3) is 0.857. The molecule has 2 heterocycles. The predicted octanol–water partition coefficient (Wildman–Crippen LogP) is 7.46. The summed E-state index contributed by atoms with van der Waals surface area (Å²) in [5.74, 6) is 1.01. The summed E-state index contributed by atoms with van der Waals surface area (Å²) in [5, 5.41) is 27.1. The van der Waals surface area contributed by atoms with Crippen molar-refractivity contribution in [1.82, 2.24) is 9.88 Å². The summed E-state index contributed by atoms with van der Waals surface area (Å²) in [6, 6.07) is 0.0609. The Labute approximate surface area is 198 Å². The first-order valence-electron chi connectivity index (χ1n) is 13.0. The smallest absolute Gasteiger partial charge is 0.198 e. The van der Waals surface area contributed by atoms with Crippen molar-refractivity contribution in [1.29, 1.82) is 0 Å². The summed E-state index contributed by atoms with van der Waals surface area (Å²) >= 11 is 0. The first-order valence-corrected chi connectivity index (χ1v) is 13.0. The number of nitrogens with one attached hydrogen (secondary N) is 1. The van der Waals surface area contributed by atoms with Gasteiger partial charge < -0.3 is 15.5 Å². The van der Waals surface area contributed by atoms with Crippen LogP contribution in [0, 0.1) is 11.3 Å². The van der Waals surface area contributed by atoms with E-state index in [-0.39, 0.29) is 27.9 Å². The van der Waals surface area contributed by atoms with Gasteiger partial charge in [-0.25, -0.2) is 0 Å². The zero-order valence-corrected chi connectivity index (χ0v) is 22.9. The Kier molecular flexibility index (Phi) is 7.82. The number of hydrogen-bond acceptors (Lipinski definition) is 3. The van der Waals surface area contributed by atoms with Crippen LogP contribution in [0.4, 0.5) is 0 Å². The lowest BCUT2D eigenvalue weighted by Crippen LogP contribution is -2.57. The molecular weight excluding hydrogens is 396 g/mol. The Hall–Kier alpha value is -1.16. The van der Waals surface area contributed by atoms with Crippen LogP contribution in [0.15, 0.2) is 0 Å². The number of hydrogen-bond donors (Lipinski definition) is 3. The third-order valence-corrected chi connectivity index (χ3v) is 9.27. The third kappa shape index (κ3) is 5.00. The van der Waals surface area contributed by atoms with Crippen LogP contribution in [0.1, 0.15) is 132 Å². The molecule has 32 heavy (non-hydrogen) atoms. The average Bonchev–Trinajstić information content (AvgIpc) is 2.94. The highest BCUT2D eigenvalue weighted by molar-refractivity contribution is 5.50. The zero-order chi connectivity index (χ0) is 24.7. The second-order valence-electron chi connectivity index (χ2n) is 12.6. The van der Waals surface area contributed by atoms with Crippen LogP contribution in [0.5, 0.6) is 11.8 Å². The topological polar surface area (TPSA) is 57.4 Å². The average molecular weight is 449 g/mol. The van der Waals surface area contributed by atoms with Crippen LogP contribution in [0.3, 0.4) is 0 Å². The Balaban J connectivity index is 2.68. The number of aromatic nitrogens is 1. The Bertz CT molecular complexity index is 766. The number of rotatable bonds is 9. The minimum absolute atomic E-state index is 0.0609. The molecule has 186 valence electrons. The van der Waals surface area contributed by atoms with Gasteiger partial charge in [0.1, 0.15) is 0 Å². The molecule has 0 spiro atoms. The van der Waals surface area contributed by atoms with Crippen LogP contribution < -0.4 is 5.32 Å². The fourth-order valence-electron chi connectivity index (χ4n) is 6.34. The Morgan fingerprint density at radius 3 is 1.78 bits per heavy atom. The SMILES string of the molecule is CCC(C)(CC)c1c(CC(C)C(C)(CC)CC)c(O)n(C2CC(C)(C)NC(C)(C)C2)c1O. The van der Waals surface area contributed by atoms with Crippen molar-refractivity contribution in [3.63, 3.8) is 0 Å². The molecular formula is C28H52N2O2. The molecule has 1 aromatic rings. The van der Waals surface area contributed by atoms with Crippen LogP contribution in [-0.4, -0.2) is 25.9 Å². The molecule has 0 amide bonds. The molecule has 3 N–H and O–H groups in total. The quantitative estimate of drug-likeness (QED) is 0.367. The molecule has 0 radical (unpaired) electrons. The van der Waals surface area contributed by atoms with Crippen molar-refractivity contribution in [2.24, 2.45) is 11.3 Å². The lowest BCUT2D eigenvalue weighted by molar-refractivity contribution is 0.122. The Morgan fingerprint density at radius 1 is 0.906 bits per heavy atom. The van der Waals surface area contributed by atoms with Crippen molar-refractivity contribution in [2.75, 3.05) is 0 Å². The van der Waals surface area contributed by atoms with E-state index < -0.39 is 0 Å². The second-order valence-corrected chi connectivity index (χ2v) is 12.6. The zero-order valence-electron chi connectivity index (χ0n) is 22.9. The molecule has 0 aromatic carbocycles. The minimum atomic E-state index is -0.158. The number of aromatic hydroxyl groups is 2. The molecule has 4 nitrogen and oxygen atoms in total. The van der Waals surface area contributed by atoms with Gasteiger partial charge in [-0.3, -0.25) is 4.57 Å². The van der Waals surface area contributed by atoms with Crippen LogP contribution >= 0.6 is 0 Å². The van der Waals surface area contributed by atoms with Gasteiger partial charge in [0.2, 0.25) is 0 Å². The molecule has 1 atom stereocenters. The molecule has 1 unspecified atom stereocenters. The molecule has 4 heteroatoms. The molecule has 1 saturated heterocycles. The fourth-order valence-corrected chi connectivity index (χ4v) is 6.34. The molecule has 1 aliphatic heterocycles. The van der Waals surface area contributed by atoms with E-state index in [1.165, 1.54) is 0 Å². The van der Waals surface area contributed by atoms with E-state index in [1.54, 1.807) is 0 Å². The van der Waals surface area contributed by atoms with E-state index in [0.29, 0.717) is 17.7 Å². The first-order chi connectivity index (χ1) is 14.6. The van der Waals surface area contributed by atoms with E-state index in [4.69, 9.17) is 0 Å². The maximum absolute atomic E-state index is 11.7. The summed E-state index contributed by atoms with van der Waals surface area (Å²) in [4.78, 5) is 0. The van der Waals surface area contributed by atoms with E-state index in [1.807, 2.05) is 4.57 Å². The molecule has 0 saturated carbocycles. The van der Waals surface area contributed by atoms with Crippen LogP contribution in [0.25, 0.3) is 0 Å². The highest BCUT2D eigenvalue weighted by Gasteiger charge is 2.43. The molecule has 1 aliphatic rings. The van der Waals surface area contributed by atoms with E-state index in [0.717, 1.165) is 56.1 Å². The number of piperidine rings is 1. The van der Waals surface area contributed by atoms with E-state index >= 15 is 0 Å². The third-order valence-electron chi connectivity index (χ3n) is 9.27. The Morgan fingerprint density at radius 2 is 1.38 bits per heavy atom. The van der Waals surface area contributed by atoms with Crippen LogP contribution in [-0.2, 0) is 11.8 Å². The van der Waals surface area contributed by atoms with Crippen molar-refractivity contribution in [3.05, 3.63) is 11.1 Å². The lowest BCUT2D eigenvalue weighted by Gasteiger charge is -2.47. The van der Waals surface area contributed by atoms with Gasteiger partial charge in [0.05, 0.1) is 0 Å². The molecule has 1 fully saturated rings. The standard InChI is InChI=1S/C28H52N2O2/c1-12-27(10,13-2)19(5)16-21-22(28(11,14-3)15-4)24(32)30(23(21)31)20-17-25(6,7)29-26(8,9)18-20/h19-20,29,31-32H,12-18H2,1-11H3. The summed E-state index contributed by atoms with van der Waals surface area (Å²) in [6.07, 6.45) is 6.64. The van der Waals surface area contributed by atoms with Gasteiger partial charge >= 0.3 is 0 Å². The predicted molar refractivity (Wildman–Crippen MR) is 137 cm³/mol. The van der Waals surface area contributed by atoms with Crippen molar-refractivity contribution in [2.45, 2.75) is 144 Å².